The molecule has 8 heteroatoms. The summed E-state index contributed by atoms with van der Waals surface area (Å²) in [5.41, 5.74) is 0.753. The molecule has 0 bridgehead atoms. The van der Waals surface area contributed by atoms with E-state index in [0.717, 1.165) is 5.69 Å². The molecule has 1 aliphatic heterocycles. The molecule has 0 aliphatic carbocycles. The molecule has 1 heterocycles. The number of rotatable bonds is 4. The molecule has 7 nitrogen and oxygen atoms in total. The Morgan fingerprint density at radius 2 is 2.05 bits per heavy atom. The van der Waals surface area contributed by atoms with Gasteiger partial charge in [-0.05, 0) is 31.3 Å². The van der Waals surface area contributed by atoms with Gasteiger partial charge >= 0.3 is 5.97 Å². The summed E-state index contributed by atoms with van der Waals surface area (Å²) in [6.45, 7) is 1.30. The highest BCUT2D eigenvalue weighted by Crippen LogP contribution is 2.22. The SMILES string of the molecule is CNS(=O)(=O)c1ccc(N2CCOCC2C(=O)OC)cc1. The average Bonchev–Trinajstić information content (AvgIpc) is 2.54. The van der Waals surface area contributed by atoms with Gasteiger partial charge in [0.15, 0.2) is 6.04 Å². The van der Waals surface area contributed by atoms with E-state index in [1.165, 1.54) is 26.3 Å². The van der Waals surface area contributed by atoms with Gasteiger partial charge in [0.05, 0.1) is 25.2 Å². The van der Waals surface area contributed by atoms with Crippen LogP contribution in [-0.4, -0.2) is 54.3 Å². The van der Waals surface area contributed by atoms with Crippen molar-refractivity contribution >= 4 is 21.7 Å². The topological polar surface area (TPSA) is 84.9 Å². The predicted molar refractivity (Wildman–Crippen MR) is 76.7 cm³/mol. The minimum Gasteiger partial charge on any atom is -0.467 e. The maximum atomic E-state index is 11.8. The van der Waals surface area contributed by atoms with Crippen molar-refractivity contribution in [3.63, 3.8) is 0 Å². The van der Waals surface area contributed by atoms with Crippen molar-refractivity contribution in [3.8, 4) is 0 Å². The van der Waals surface area contributed by atoms with Crippen molar-refractivity contribution in [2.75, 3.05) is 38.8 Å². The quantitative estimate of drug-likeness (QED) is 0.786. The fourth-order valence-corrected chi connectivity index (χ4v) is 2.91. The van der Waals surface area contributed by atoms with Gasteiger partial charge in [0.2, 0.25) is 10.0 Å². The van der Waals surface area contributed by atoms with E-state index < -0.39 is 16.1 Å². The average molecular weight is 314 g/mol. The van der Waals surface area contributed by atoms with Crippen LogP contribution < -0.4 is 9.62 Å². The molecule has 1 aromatic carbocycles. The number of anilines is 1. The van der Waals surface area contributed by atoms with E-state index >= 15 is 0 Å². The smallest absolute Gasteiger partial charge is 0.330 e. The van der Waals surface area contributed by atoms with E-state index in [1.807, 2.05) is 4.90 Å². The number of ether oxygens (including phenoxy) is 2. The Morgan fingerprint density at radius 1 is 1.38 bits per heavy atom. The molecule has 1 aliphatic rings. The Balaban J connectivity index is 2.26. The summed E-state index contributed by atoms with van der Waals surface area (Å²) in [7, 11) is -0.774. The molecule has 1 saturated heterocycles. The van der Waals surface area contributed by atoms with Crippen LogP contribution in [0.1, 0.15) is 0 Å². The standard InChI is InChI=1S/C13H18N2O5S/c1-14-21(17,18)11-5-3-10(4-6-11)15-7-8-20-9-12(15)13(16)19-2/h3-6,12,14H,7-9H2,1-2H3. The van der Waals surface area contributed by atoms with Gasteiger partial charge in [0.1, 0.15) is 0 Å². The molecule has 1 aromatic rings. The molecule has 1 atom stereocenters. The van der Waals surface area contributed by atoms with Crippen molar-refractivity contribution in [1.29, 1.82) is 0 Å². The maximum absolute atomic E-state index is 11.8. The number of morpholine rings is 1. The van der Waals surface area contributed by atoms with Crippen molar-refractivity contribution in [3.05, 3.63) is 24.3 Å². The van der Waals surface area contributed by atoms with Crippen LogP contribution >= 0.6 is 0 Å². The van der Waals surface area contributed by atoms with Crippen LogP contribution in [0.25, 0.3) is 0 Å². The molecule has 0 radical (unpaired) electrons. The van der Waals surface area contributed by atoms with Gasteiger partial charge in [-0.25, -0.2) is 17.9 Å². The molecule has 21 heavy (non-hydrogen) atoms. The summed E-state index contributed by atoms with van der Waals surface area (Å²) in [5.74, 6) is -0.373. The van der Waals surface area contributed by atoms with Crippen molar-refractivity contribution in [1.82, 2.24) is 4.72 Å². The monoisotopic (exact) mass is 314 g/mol. The first-order valence-corrected chi connectivity index (χ1v) is 7.93. The number of sulfonamides is 1. The molecule has 0 spiro atoms. The van der Waals surface area contributed by atoms with Gasteiger partial charge in [0, 0.05) is 12.2 Å². The number of carbonyl (C=O) groups excluding carboxylic acids is 1. The van der Waals surface area contributed by atoms with Gasteiger partial charge in [-0.3, -0.25) is 0 Å². The van der Waals surface area contributed by atoms with Crippen LogP contribution in [0, 0.1) is 0 Å². The lowest BCUT2D eigenvalue weighted by Gasteiger charge is -2.35. The fraction of sp³-hybridized carbons (Fsp3) is 0.462. The fourth-order valence-electron chi connectivity index (χ4n) is 2.18. The number of benzene rings is 1. The van der Waals surface area contributed by atoms with Crippen LogP contribution in [0.5, 0.6) is 0 Å². The Bertz CT molecular complexity index is 599. The van der Waals surface area contributed by atoms with Crippen LogP contribution in [-0.2, 0) is 24.3 Å². The van der Waals surface area contributed by atoms with Crippen molar-refractivity contribution < 1.29 is 22.7 Å². The van der Waals surface area contributed by atoms with Gasteiger partial charge in [0.25, 0.3) is 0 Å². The van der Waals surface area contributed by atoms with Crippen LogP contribution in [0.3, 0.4) is 0 Å². The summed E-state index contributed by atoms with van der Waals surface area (Å²) < 4.78 is 35.7. The molecule has 1 fully saturated rings. The lowest BCUT2D eigenvalue weighted by Crippen LogP contribution is -2.50. The van der Waals surface area contributed by atoms with Crippen molar-refractivity contribution in [2.24, 2.45) is 0 Å². The number of carbonyl (C=O) groups is 1. The van der Waals surface area contributed by atoms with E-state index in [2.05, 4.69) is 4.72 Å². The number of methoxy groups -OCH3 is 1. The molecule has 116 valence electrons. The molecule has 1 N–H and O–H groups in total. The van der Waals surface area contributed by atoms with Crippen molar-refractivity contribution in [2.45, 2.75) is 10.9 Å². The normalized spacial score (nSPS) is 19.3. The summed E-state index contributed by atoms with van der Waals surface area (Å²) in [6.07, 6.45) is 0. The first kappa shape index (κ1) is 15.7. The minimum absolute atomic E-state index is 0.177. The highest BCUT2D eigenvalue weighted by molar-refractivity contribution is 7.89. The van der Waals surface area contributed by atoms with Gasteiger partial charge < -0.3 is 14.4 Å². The van der Waals surface area contributed by atoms with E-state index in [9.17, 15) is 13.2 Å². The number of hydrogen-bond donors (Lipinski definition) is 1. The predicted octanol–water partition coefficient (Wildman–Crippen LogP) is -0.0271. The van der Waals surface area contributed by atoms with Crippen LogP contribution in [0.2, 0.25) is 0 Å². The molecule has 0 amide bonds. The number of nitrogens with one attached hydrogen (secondary N) is 1. The Morgan fingerprint density at radius 3 is 2.62 bits per heavy atom. The second-order valence-electron chi connectivity index (χ2n) is 4.51. The Labute approximate surface area is 123 Å². The summed E-state index contributed by atoms with van der Waals surface area (Å²) in [5, 5.41) is 0. The first-order valence-electron chi connectivity index (χ1n) is 6.45. The Hall–Kier alpha value is -1.64. The van der Waals surface area contributed by atoms with E-state index in [1.54, 1.807) is 12.1 Å². The first-order chi connectivity index (χ1) is 9.99. The van der Waals surface area contributed by atoms with Gasteiger partial charge in [-0.2, -0.15) is 0 Å². The molecule has 0 aromatic heterocycles. The van der Waals surface area contributed by atoms with E-state index in [-0.39, 0.29) is 17.5 Å². The summed E-state index contributed by atoms with van der Waals surface area (Å²) >= 11 is 0. The summed E-state index contributed by atoms with van der Waals surface area (Å²) in [6, 6.07) is 5.84. The molecule has 2 rings (SSSR count). The second kappa shape index (κ2) is 6.42. The van der Waals surface area contributed by atoms with Crippen LogP contribution in [0.15, 0.2) is 29.2 Å². The zero-order chi connectivity index (χ0) is 15.5. The number of hydrogen-bond acceptors (Lipinski definition) is 6. The lowest BCUT2D eigenvalue weighted by atomic mass is 10.2. The third-order valence-electron chi connectivity index (χ3n) is 3.35. The highest BCUT2D eigenvalue weighted by Gasteiger charge is 2.30. The summed E-state index contributed by atoms with van der Waals surface area (Å²) in [4.78, 5) is 13.8. The third kappa shape index (κ3) is 3.34. The second-order valence-corrected chi connectivity index (χ2v) is 6.40. The van der Waals surface area contributed by atoms with E-state index in [4.69, 9.17) is 9.47 Å². The molecule has 1 unspecified atom stereocenters. The van der Waals surface area contributed by atoms with Gasteiger partial charge in [-0.15, -0.1) is 0 Å². The molecular weight excluding hydrogens is 296 g/mol. The molecule has 0 saturated carbocycles. The Kier molecular flexibility index (Phi) is 4.81. The zero-order valence-corrected chi connectivity index (χ0v) is 12.7. The zero-order valence-electron chi connectivity index (χ0n) is 11.9. The highest BCUT2D eigenvalue weighted by atomic mass is 32.2. The van der Waals surface area contributed by atoms with Crippen LogP contribution in [0.4, 0.5) is 5.69 Å². The number of nitrogens with zero attached hydrogens (tertiary/aromatic N) is 1. The van der Waals surface area contributed by atoms with Gasteiger partial charge in [-0.1, -0.05) is 0 Å². The lowest BCUT2D eigenvalue weighted by molar-refractivity contribution is -0.144. The molecular formula is C13H18N2O5S. The maximum Gasteiger partial charge on any atom is 0.330 e. The largest absolute Gasteiger partial charge is 0.467 e. The third-order valence-corrected chi connectivity index (χ3v) is 4.78. The number of esters is 1. The minimum atomic E-state index is -3.47. The van der Waals surface area contributed by atoms with E-state index in [0.29, 0.717) is 13.2 Å².